The van der Waals surface area contributed by atoms with Crippen LogP contribution in [0.25, 0.3) is 0 Å². The normalized spacial score (nSPS) is 11.7. The predicted molar refractivity (Wildman–Crippen MR) is 92.4 cm³/mol. The molecule has 4 nitrogen and oxygen atoms in total. The van der Waals surface area contributed by atoms with E-state index in [-0.39, 0.29) is 5.91 Å². The monoisotopic (exact) mass is 313 g/mol. The number of methoxy groups -OCH3 is 1. The zero-order valence-corrected chi connectivity index (χ0v) is 14.3. The highest BCUT2D eigenvalue weighted by Gasteiger charge is 2.16. The van der Waals surface area contributed by atoms with Crippen LogP contribution in [0.2, 0.25) is 0 Å². The Kier molecular flexibility index (Phi) is 5.27. The van der Waals surface area contributed by atoms with Crippen LogP contribution in [0.5, 0.6) is 11.5 Å². The third kappa shape index (κ3) is 4.25. The van der Waals surface area contributed by atoms with E-state index in [1.165, 1.54) is 0 Å². The van der Waals surface area contributed by atoms with Crippen molar-refractivity contribution in [3.63, 3.8) is 0 Å². The molecule has 0 bridgehead atoms. The van der Waals surface area contributed by atoms with E-state index in [0.29, 0.717) is 5.69 Å². The van der Waals surface area contributed by atoms with Crippen LogP contribution in [0.4, 0.5) is 5.69 Å². The number of carbonyl (C=O) groups excluding carboxylic acids is 1. The number of amides is 1. The van der Waals surface area contributed by atoms with E-state index in [1.54, 1.807) is 38.3 Å². The zero-order chi connectivity index (χ0) is 17.0. The van der Waals surface area contributed by atoms with Crippen LogP contribution in [0.15, 0.2) is 36.4 Å². The molecule has 0 saturated heterocycles. The van der Waals surface area contributed by atoms with Crippen molar-refractivity contribution in [2.45, 2.75) is 33.8 Å². The first kappa shape index (κ1) is 16.9. The second-order valence-corrected chi connectivity index (χ2v) is 5.68. The standard InChI is InChI=1S/C19H23NO3/c1-12-10-13(2)14(3)18(11-12)23-15(4)19(21)20-16-6-8-17(22-5)9-7-16/h6-11,15H,1-5H3,(H,20,21)/t15-/m0/s1. The maximum atomic E-state index is 12.3. The van der Waals surface area contributed by atoms with Gasteiger partial charge in [0.1, 0.15) is 11.5 Å². The van der Waals surface area contributed by atoms with Gasteiger partial charge >= 0.3 is 0 Å². The number of anilines is 1. The summed E-state index contributed by atoms with van der Waals surface area (Å²) >= 11 is 0. The van der Waals surface area contributed by atoms with Gasteiger partial charge in [-0.15, -0.1) is 0 Å². The highest BCUT2D eigenvalue weighted by atomic mass is 16.5. The second-order valence-electron chi connectivity index (χ2n) is 5.68. The van der Waals surface area contributed by atoms with Crippen LogP contribution in [0.3, 0.4) is 0 Å². The Morgan fingerprint density at radius 2 is 1.74 bits per heavy atom. The van der Waals surface area contributed by atoms with Crippen LogP contribution in [-0.4, -0.2) is 19.1 Å². The van der Waals surface area contributed by atoms with Gasteiger partial charge in [-0.05, 0) is 74.7 Å². The number of nitrogens with one attached hydrogen (secondary N) is 1. The Hall–Kier alpha value is -2.49. The van der Waals surface area contributed by atoms with Crippen molar-refractivity contribution in [3.8, 4) is 11.5 Å². The lowest BCUT2D eigenvalue weighted by molar-refractivity contribution is -0.122. The summed E-state index contributed by atoms with van der Waals surface area (Å²) in [6, 6.07) is 11.3. The van der Waals surface area contributed by atoms with Gasteiger partial charge in [0.2, 0.25) is 0 Å². The highest BCUT2D eigenvalue weighted by molar-refractivity contribution is 5.94. The average molecular weight is 313 g/mol. The fraction of sp³-hybridized carbons (Fsp3) is 0.316. The average Bonchev–Trinajstić information content (AvgIpc) is 2.52. The molecule has 2 rings (SSSR count). The minimum absolute atomic E-state index is 0.186. The van der Waals surface area contributed by atoms with Crippen molar-refractivity contribution in [3.05, 3.63) is 53.1 Å². The van der Waals surface area contributed by atoms with Crippen LogP contribution < -0.4 is 14.8 Å². The fourth-order valence-corrected chi connectivity index (χ4v) is 2.29. The van der Waals surface area contributed by atoms with Crippen LogP contribution in [0, 0.1) is 20.8 Å². The van der Waals surface area contributed by atoms with Gasteiger partial charge in [0.05, 0.1) is 7.11 Å². The van der Waals surface area contributed by atoms with Gasteiger partial charge in [0.25, 0.3) is 5.91 Å². The lowest BCUT2D eigenvalue weighted by atomic mass is 10.1. The third-order valence-corrected chi connectivity index (χ3v) is 3.79. The van der Waals surface area contributed by atoms with Gasteiger partial charge in [-0.2, -0.15) is 0 Å². The number of rotatable bonds is 5. The van der Waals surface area contributed by atoms with E-state index in [4.69, 9.17) is 9.47 Å². The molecule has 0 heterocycles. The maximum absolute atomic E-state index is 12.3. The molecule has 0 unspecified atom stereocenters. The molecule has 0 aliphatic rings. The number of hydrogen-bond donors (Lipinski definition) is 1. The number of hydrogen-bond acceptors (Lipinski definition) is 3. The predicted octanol–water partition coefficient (Wildman–Crippen LogP) is 4.03. The molecule has 4 heteroatoms. The number of carbonyl (C=O) groups is 1. The fourth-order valence-electron chi connectivity index (χ4n) is 2.29. The molecule has 0 fully saturated rings. The van der Waals surface area contributed by atoms with Crippen molar-refractivity contribution in [2.24, 2.45) is 0 Å². The summed E-state index contributed by atoms with van der Waals surface area (Å²) < 4.78 is 10.9. The molecule has 2 aromatic rings. The van der Waals surface area contributed by atoms with E-state index in [0.717, 1.165) is 28.2 Å². The van der Waals surface area contributed by atoms with Crippen LogP contribution >= 0.6 is 0 Å². The van der Waals surface area contributed by atoms with Gasteiger partial charge < -0.3 is 14.8 Å². The van der Waals surface area contributed by atoms with Crippen molar-refractivity contribution in [1.29, 1.82) is 0 Å². The Labute approximate surface area is 137 Å². The van der Waals surface area contributed by atoms with Crippen LogP contribution in [-0.2, 0) is 4.79 Å². The summed E-state index contributed by atoms with van der Waals surface area (Å²) in [6.45, 7) is 7.80. The molecule has 0 saturated carbocycles. The molecular weight excluding hydrogens is 290 g/mol. The quantitative estimate of drug-likeness (QED) is 0.906. The first-order valence-corrected chi connectivity index (χ1v) is 7.60. The van der Waals surface area contributed by atoms with Crippen molar-refractivity contribution < 1.29 is 14.3 Å². The lowest BCUT2D eigenvalue weighted by Gasteiger charge is -2.18. The summed E-state index contributed by atoms with van der Waals surface area (Å²) in [5.41, 5.74) is 4.04. The van der Waals surface area contributed by atoms with Crippen molar-refractivity contribution >= 4 is 11.6 Å². The molecule has 1 amide bonds. The molecular formula is C19H23NO3. The summed E-state index contributed by atoms with van der Waals surface area (Å²) in [5.74, 6) is 1.31. The smallest absolute Gasteiger partial charge is 0.265 e. The van der Waals surface area contributed by atoms with Crippen LogP contribution in [0.1, 0.15) is 23.6 Å². The molecule has 0 spiro atoms. The van der Waals surface area contributed by atoms with Crippen molar-refractivity contribution in [1.82, 2.24) is 0 Å². The maximum Gasteiger partial charge on any atom is 0.265 e. The molecule has 2 aromatic carbocycles. The van der Waals surface area contributed by atoms with E-state index in [2.05, 4.69) is 11.4 Å². The summed E-state index contributed by atoms with van der Waals surface area (Å²) in [5, 5.41) is 2.84. The van der Waals surface area contributed by atoms with Gasteiger partial charge in [-0.25, -0.2) is 0 Å². The number of ether oxygens (including phenoxy) is 2. The third-order valence-electron chi connectivity index (χ3n) is 3.79. The molecule has 23 heavy (non-hydrogen) atoms. The Morgan fingerprint density at radius 1 is 1.09 bits per heavy atom. The largest absolute Gasteiger partial charge is 0.497 e. The molecule has 1 atom stereocenters. The second kappa shape index (κ2) is 7.18. The minimum atomic E-state index is -0.586. The number of aryl methyl sites for hydroxylation is 2. The molecule has 0 aliphatic heterocycles. The van der Waals surface area contributed by atoms with E-state index < -0.39 is 6.10 Å². The van der Waals surface area contributed by atoms with Gasteiger partial charge in [-0.3, -0.25) is 4.79 Å². The summed E-state index contributed by atoms with van der Waals surface area (Å²) in [6.07, 6.45) is -0.586. The molecule has 0 radical (unpaired) electrons. The molecule has 1 N–H and O–H groups in total. The van der Waals surface area contributed by atoms with Gasteiger partial charge in [0, 0.05) is 5.69 Å². The summed E-state index contributed by atoms with van der Waals surface area (Å²) in [4.78, 5) is 12.3. The van der Waals surface area contributed by atoms with Crippen molar-refractivity contribution in [2.75, 3.05) is 12.4 Å². The van der Waals surface area contributed by atoms with Gasteiger partial charge in [-0.1, -0.05) is 6.07 Å². The van der Waals surface area contributed by atoms with E-state index in [9.17, 15) is 4.79 Å². The number of benzene rings is 2. The van der Waals surface area contributed by atoms with E-state index >= 15 is 0 Å². The first-order valence-electron chi connectivity index (χ1n) is 7.60. The Morgan fingerprint density at radius 3 is 2.35 bits per heavy atom. The topological polar surface area (TPSA) is 47.6 Å². The summed E-state index contributed by atoms with van der Waals surface area (Å²) in [7, 11) is 1.61. The molecule has 0 aliphatic carbocycles. The van der Waals surface area contributed by atoms with E-state index in [1.807, 2.05) is 26.8 Å². The SMILES string of the molecule is COc1ccc(NC(=O)[C@H](C)Oc2cc(C)cc(C)c2C)cc1. The highest BCUT2D eigenvalue weighted by Crippen LogP contribution is 2.24. The minimum Gasteiger partial charge on any atom is -0.497 e. The first-order chi connectivity index (χ1) is 10.9. The Balaban J connectivity index is 2.05. The lowest BCUT2D eigenvalue weighted by Crippen LogP contribution is -2.30. The molecule has 122 valence electrons. The zero-order valence-electron chi connectivity index (χ0n) is 14.3. The Bertz CT molecular complexity index is 693. The van der Waals surface area contributed by atoms with Gasteiger partial charge in [0.15, 0.2) is 6.10 Å². The molecule has 0 aromatic heterocycles.